The standard InChI is InChI=1S/C18H23N5O4.HI/c1-2-20-18(21-12-13-5-6-14(27-13)16(19)24)23-9-7-22(8-10-23)17(25)15-4-3-11-26-15;/h3-6,11H,2,7-10,12H2,1H3,(H2,19,24)(H,20,21);1H. The van der Waals surface area contributed by atoms with Crippen LogP contribution in [0.3, 0.4) is 0 Å². The van der Waals surface area contributed by atoms with Crippen molar-refractivity contribution in [3.05, 3.63) is 47.8 Å². The number of furan rings is 2. The molecule has 3 heterocycles. The van der Waals surface area contributed by atoms with Crippen LogP contribution < -0.4 is 11.1 Å². The molecule has 28 heavy (non-hydrogen) atoms. The quantitative estimate of drug-likeness (QED) is 0.365. The van der Waals surface area contributed by atoms with E-state index in [1.807, 2.05) is 6.92 Å². The van der Waals surface area contributed by atoms with Gasteiger partial charge in [-0.3, -0.25) is 9.59 Å². The number of halogens is 1. The van der Waals surface area contributed by atoms with Gasteiger partial charge < -0.3 is 29.7 Å². The maximum absolute atomic E-state index is 12.3. The SMILES string of the molecule is CCNC(=NCc1ccc(C(N)=O)o1)N1CCN(C(=O)c2ccco2)CC1.I. The van der Waals surface area contributed by atoms with Crippen LogP contribution in [0.4, 0.5) is 0 Å². The molecule has 0 aliphatic carbocycles. The van der Waals surface area contributed by atoms with Gasteiger partial charge in [-0.15, -0.1) is 24.0 Å². The summed E-state index contributed by atoms with van der Waals surface area (Å²) in [6, 6.07) is 6.61. The van der Waals surface area contributed by atoms with Crippen molar-refractivity contribution in [2.24, 2.45) is 10.7 Å². The Morgan fingerprint density at radius 2 is 1.86 bits per heavy atom. The van der Waals surface area contributed by atoms with Gasteiger partial charge in [-0.1, -0.05) is 0 Å². The molecule has 2 amide bonds. The third kappa shape index (κ3) is 5.27. The van der Waals surface area contributed by atoms with Crippen LogP contribution in [0.15, 0.2) is 44.4 Å². The van der Waals surface area contributed by atoms with E-state index < -0.39 is 5.91 Å². The van der Waals surface area contributed by atoms with Crippen molar-refractivity contribution in [1.82, 2.24) is 15.1 Å². The Bertz CT molecular complexity index is 810. The van der Waals surface area contributed by atoms with Crippen molar-refractivity contribution in [3.8, 4) is 0 Å². The van der Waals surface area contributed by atoms with E-state index in [0.29, 0.717) is 44.2 Å². The number of amides is 2. The van der Waals surface area contributed by atoms with Gasteiger partial charge in [0.1, 0.15) is 12.3 Å². The van der Waals surface area contributed by atoms with Gasteiger partial charge >= 0.3 is 0 Å². The average Bonchev–Trinajstić information content (AvgIpc) is 3.36. The highest BCUT2D eigenvalue weighted by molar-refractivity contribution is 14.0. The van der Waals surface area contributed by atoms with Crippen LogP contribution in [0.5, 0.6) is 0 Å². The van der Waals surface area contributed by atoms with Crippen molar-refractivity contribution < 1.29 is 18.4 Å². The Balaban J connectivity index is 0.00000280. The Kier molecular flexibility index (Phi) is 7.91. The van der Waals surface area contributed by atoms with E-state index in [4.69, 9.17) is 14.6 Å². The molecule has 9 nitrogen and oxygen atoms in total. The van der Waals surface area contributed by atoms with E-state index in [1.54, 1.807) is 29.2 Å². The minimum atomic E-state index is -0.602. The Hall–Kier alpha value is -2.50. The number of rotatable bonds is 5. The second-order valence-electron chi connectivity index (χ2n) is 6.06. The van der Waals surface area contributed by atoms with E-state index in [9.17, 15) is 9.59 Å². The summed E-state index contributed by atoms with van der Waals surface area (Å²) in [6.07, 6.45) is 1.50. The number of carbonyl (C=O) groups excluding carboxylic acids is 2. The van der Waals surface area contributed by atoms with E-state index in [-0.39, 0.29) is 35.6 Å². The smallest absolute Gasteiger partial charge is 0.289 e. The lowest BCUT2D eigenvalue weighted by molar-refractivity contribution is 0.0657. The Morgan fingerprint density at radius 3 is 2.43 bits per heavy atom. The number of aliphatic imine (C=N–C) groups is 1. The van der Waals surface area contributed by atoms with Gasteiger partial charge in [0, 0.05) is 32.7 Å². The van der Waals surface area contributed by atoms with E-state index >= 15 is 0 Å². The third-order valence-electron chi connectivity index (χ3n) is 4.22. The van der Waals surface area contributed by atoms with Gasteiger partial charge in [-0.2, -0.15) is 0 Å². The van der Waals surface area contributed by atoms with Crippen molar-refractivity contribution in [3.63, 3.8) is 0 Å². The highest BCUT2D eigenvalue weighted by atomic mass is 127. The van der Waals surface area contributed by atoms with Crippen LogP contribution in [0.25, 0.3) is 0 Å². The molecule has 0 bridgehead atoms. The lowest BCUT2D eigenvalue weighted by atomic mass is 10.3. The minimum absolute atomic E-state index is 0. The van der Waals surface area contributed by atoms with Crippen LogP contribution in [-0.2, 0) is 6.54 Å². The molecular weight excluding hydrogens is 477 g/mol. The van der Waals surface area contributed by atoms with E-state index in [2.05, 4.69) is 15.2 Å². The fraction of sp³-hybridized carbons (Fsp3) is 0.389. The average molecular weight is 501 g/mol. The number of hydrogen-bond acceptors (Lipinski definition) is 5. The largest absolute Gasteiger partial charge is 0.459 e. The van der Waals surface area contributed by atoms with E-state index in [1.165, 1.54) is 6.26 Å². The number of hydrogen-bond donors (Lipinski definition) is 2. The first-order valence-corrected chi connectivity index (χ1v) is 8.83. The zero-order chi connectivity index (χ0) is 19.2. The van der Waals surface area contributed by atoms with Crippen LogP contribution in [0.2, 0.25) is 0 Å². The van der Waals surface area contributed by atoms with Crippen LogP contribution in [0.1, 0.15) is 33.8 Å². The molecular formula is C18H24IN5O4. The van der Waals surface area contributed by atoms with Crippen LogP contribution in [-0.4, -0.2) is 60.3 Å². The van der Waals surface area contributed by atoms with Crippen molar-refractivity contribution in [1.29, 1.82) is 0 Å². The van der Waals surface area contributed by atoms with Gasteiger partial charge in [0.15, 0.2) is 17.5 Å². The molecule has 3 rings (SSSR count). The fourth-order valence-electron chi connectivity index (χ4n) is 2.85. The molecule has 3 N–H and O–H groups in total. The van der Waals surface area contributed by atoms with Crippen LogP contribution >= 0.6 is 24.0 Å². The molecule has 0 atom stereocenters. The van der Waals surface area contributed by atoms with E-state index in [0.717, 1.165) is 12.5 Å². The molecule has 10 heteroatoms. The molecule has 1 aliphatic heterocycles. The number of nitrogens with zero attached hydrogens (tertiary/aromatic N) is 3. The molecule has 0 unspecified atom stereocenters. The Morgan fingerprint density at radius 1 is 1.14 bits per heavy atom. The van der Waals surface area contributed by atoms with Gasteiger partial charge in [-0.25, -0.2) is 4.99 Å². The highest BCUT2D eigenvalue weighted by Gasteiger charge is 2.25. The Labute approximate surface area is 179 Å². The number of primary amides is 1. The normalized spacial score (nSPS) is 14.5. The first kappa shape index (κ1) is 21.8. The van der Waals surface area contributed by atoms with Gasteiger partial charge in [0.2, 0.25) is 0 Å². The summed E-state index contributed by atoms with van der Waals surface area (Å²) in [7, 11) is 0. The fourth-order valence-corrected chi connectivity index (χ4v) is 2.85. The van der Waals surface area contributed by atoms with Crippen molar-refractivity contribution >= 4 is 41.8 Å². The van der Waals surface area contributed by atoms with Crippen molar-refractivity contribution in [2.75, 3.05) is 32.7 Å². The summed E-state index contributed by atoms with van der Waals surface area (Å²) in [5.41, 5.74) is 5.19. The first-order valence-electron chi connectivity index (χ1n) is 8.83. The number of nitrogens with one attached hydrogen (secondary N) is 1. The maximum Gasteiger partial charge on any atom is 0.289 e. The predicted octanol–water partition coefficient (Wildman–Crippen LogP) is 1.51. The summed E-state index contributed by atoms with van der Waals surface area (Å²) in [5.74, 6) is 1.07. The molecule has 1 saturated heterocycles. The second-order valence-corrected chi connectivity index (χ2v) is 6.06. The summed E-state index contributed by atoms with van der Waals surface area (Å²) in [5, 5.41) is 3.24. The van der Waals surface area contributed by atoms with Gasteiger partial charge in [0.05, 0.1) is 6.26 Å². The number of carbonyl (C=O) groups is 2. The molecule has 1 fully saturated rings. The lowest BCUT2D eigenvalue weighted by Crippen LogP contribution is -2.53. The summed E-state index contributed by atoms with van der Waals surface area (Å²) < 4.78 is 10.5. The number of piperazine rings is 1. The molecule has 0 spiro atoms. The summed E-state index contributed by atoms with van der Waals surface area (Å²) in [4.78, 5) is 31.9. The molecule has 0 aromatic carbocycles. The predicted molar refractivity (Wildman–Crippen MR) is 114 cm³/mol. The minimum Gasteiger partial charge on any atom is -0.459 e. The zero-order valence-corrected chi connectivity index (χ0v) is 17.9. The zero-order valence-electron chi connectivity index (χ0n) is 15.6. The van der Waals surface area contributed by atoms with Crippen molar-refractivity contribution in [2.45, 2.75) is 13.5 Å². The number of guanidine groups is 1. The van der Waals surface area contributed by atoms with Gasteiger partial charge in [-0.05, 0) is 31.2 Å². The summed E-state index contributed by atoms with van der Waals surface area (Å²) in [6.45, 7) is 5.47. The second kappa shape index (κ2) is 10.2. The molecule has 0 radical (unpaired) electrons. The molecule has 1 aliphatic rings. The van der Waals surface area contributed by atoms with Crippen LogP contribution in [0, 0.1) is 0 Å². The highest BCUT2D eigenvalue weighted by Crippen LogP contribution is 2.11. The molecule has 2 aromatic heterocycles. The number of nitrogens with two attached hydrogens (primary N) is 1. The first-order chi connectivity index (χ1) is 13.1. The molecule has 2 aromatic rings. The topological polar surface area (TPSA) is 117 Å². The third-order valence-corrected chi connectivity index (χ3v) is 4.22. The molecule has 152 valence electrons. The lowest BCUT2D eigenvalue weighted by Gasteiger charge is -2.36. The summed E-state index contributed by atoms with van der Waals surface area (Å²) >= 11 is 0. The monoisotopic (exact) mass is 501 g/mol. The van der Waals surface area contributed by atoms with Gasteiger partial charge in [0.25, 0.3) is 11.8 Å². The maximum atomic E-state index is 12.3. The molecule has 0 saturated carbocycles.